The summed E-state index contributed by atoms with van der Waals surface area (Å²) in [4.78, 5) is 48.7. The molecule has 0 aliphatic rings. The van der Waals surface area contributed by atoms with E-state index in [0.29, 0.717) is 11.5 Å². The quantitative estimate of drug-likeness (QED) is 0.397. The molecule has 0 heterocycles. The molecule has 9 nitrogen and oxygen atoms in total. The molecule has 0 fully saturated rings. The van der Waals surface area contributed by atoms with Gasteiger partial charge < -0.3 is 20.8 Å². The Labute approximate surface area is 129 Å². The molecule has 0 saturated carbocycles. The van der Waals surface area contributed by atoms with Gasteiger partial charge in [-0.1, -0.05) is 0 Å². The third-order valence-corrected chi connectivity index (χ3v) is 2.94. The predicted octanol–water partition coefficient (Wildman–Crippen LogP) is -0.277. The van der Waals surface area contributed by atoms with E-state index in [1.807, 2.05) is 0 Å². The number of aliphatic carboxylic acids is 2. The van der Waals surface area contributed by atoms with Crippen molar-refractivity contribution in [2.24, 2.45) is 0 Å². The molecule has 0 bridgehead atoms. The van der Waals surface area contributed by atoms with E-state index in [1.54, 1.807) is 0 Å². The average Bonchev–Trinajstić information content (AvgIpc) is 2.43. The van der Waals surface area contributed by atoms with Crippen LogP contribution in [0.5, 0.6) is 0 Å². The number of amides is 2. The highest BCUT2D eigenvalue weighted by molar-refractivity contribution is 7.99. The van der Waals surface area contributed by atoms with Gasteiger partial charge in [0.2, 0.25) is 0 Å². The van der Waals surface area contributed by atoms with Crippen LogP contribution in [0.2, 0.25) is 0 Å². The van der Waals surface area contributed by atoms with E-state index in [4.69, 9.17) is 19.8 Å². The van der Waals surface area contributed by atoms with Gasteiger partial charge in [0.25, 0.3) is 0 Å². The van der Waals surface area contributed by atoms with Crippen LogP contribution in [0.25, 0.3) is 0 Å². The van der Waals surface area contributed by atoms with Crippen LogP contribution in [-0.4, -0.2) is 65.1 Å². The van der Waals surface area contributed by atoms with Gasteiger partial charge in [-0.25, -0.2) is 9.59 Å². The molecule has 4 N–H and O–H groups in total. The monoisotopic (exact) mass is 340 g/mol. The largest absolute Gasteiger partial charge is 0.481 e. The summed E-state index contributed by atoms with van der Waals surface area (Å²) in [6.07, 6.45) is -0.279. The van der Waals surface area contributed by atoms with Crippen molar-refractivity contribution in [1.82, 2.24) is 10.6 Å². The fourth-order valence-corrected chi connectivity index (χ4v) is 1.69. The van der Waals surface area contributed by atoms with Crippen molar-refractivity contribution in [3.05, 3.63) is 0 Å². The molecule has 0 radical (unpaired) electrons. The zero-order valence-corrected chi connectivity index (χ0v) is 12.4. The number of nitrogens with one attached hydrogen (secondary N) is 2. The number of rotatable bonds is 10. The van der Waals surface area contributed by atoms with Crippen molar-refractivity contribution in [1.29, 1.82) is 0 Å². The summed E-state index contributed by atoms with van der Waals surface area (Å²) in [6, 6.07) is -1.92. The number of thioether (sulfide) groups is 1. The Kier molecular flexibility index (Phi) is 15.4. The summed E-state index contributed by atoms with van der Waals surface area (Å²) in [5.41, 5.74) is 0. The van der Waals surface area contributed by atoms with Crippen LogP contribution in [-0.2, 0) is 19.2 Å². The molecule has 0 saturated heterocycles. The summed E-state index contributed by atoms with van der Waals surface area (Å²) in [5.74, 6) is -1.55. The average molecular weight is 340 g/mol. The molecular weight excluding hydrogens is 323 g/mol. The van der Waals surface area contributed by atoms with E-state index in [-0.39, 0.29) is 25.5 Å². The number of hydrogen-bond acceptors (Lipinski definition) is 6. The molecule has 22 heavy (non-hydrogen) atoms. The van der Waals surface area contributed by atoms with E-state index < -0.39 is 30.7 Å². The second-order valence-electron chi connectivity index (χ2n) is 3.61. The molecule has 0 aliphatic heterocycles. The van der Waals surface area contributed by atoms with Crippen molar-refractivity contribution in [3.8, 4) is 0 Å². The summed E-state index contributed by atoms with van der Waals surface area (Å²) < 4.78 is 11.8. The van der Waals surface area contributed by atoms with E-state index in [2.05, 4.69) is 10.6 Å². The lowest BCUT2D eigenvalue weighted by Gasteiger charge is -2.14. The van der Waals surface area contributed by atoms with Crippen LogP contribution >= 0.6 is 11.8 Å². The second kappa shape index (κ2) is 15.3. The second-order valence-corrected chi connectivity index (χ2v) is 4.83. The maximum absolute atomic E-state index is 11.8. The molecule has 126 valence electrons. The van der Waals surface area contributed by atoms with Gasteiger partial charge in [-0.2, -0.15) is 21.4 Å². The lowest BCUT2D eigenvalue weighted by molar-refractivity contribution is -0.191. The first-order valence-electron chi connectivity index (χ1n) is 6.01. The Morgan fingerprint density at radius 2 is 1.77 bits per heavy atom. The molecule has 0 rings (SSSR count). The van der Waals surface area contributed by atoms with Gasteiger partial charge in [-0.3, -0.25) is 9.18 Å². The highest BCUT2D eigenvalue weighted by Gasteiger charge is 2.20. The molecule has 0 spiro atoms. The Bertz CT molecular complexity index is 389. The fourth-order valence-electron chi connectivity index (χ4n) is 1.13. The van der Waals surface area contributed by atoms with E-state index in [0.717, 1.165) is 0 Å². The number of carboxylic acid groups (broad SMARTS) is 2. The number of carbonyl (C=O) groups excluding carboxylic acids is 3. The topological polar surface area (TPSA) is 150 Å². The molecule has 2 amide bonds. The van der Waals surface area contributed by atoms with Crippen LogP contribution in [0, 0.1) is 0 Å². The number of hydrogen-bond donors (Lipinski definition) is 4. The smallest absolute Gasteiger partial charge is 0.373 e. The van der Waals surface area contributed by atoms with Crippen LogP contribution in [0.4, 0.5) is 9.18 Å². The van der Waals surface area contributed by atoms with E-state index in [9.17, 15) is 18.8 Å². The number of alkyl halides is 1. The van der Waals surface area contributed by atoms with Gasteiger partial charge in [0.15, 0.2) is 0 Å². The van der Waals surface area contributed by atoms with Crippen molar-refractivity contribution in [3.63, 3.8) is 0 Å². The van der Waals surface area contributed by atoms with Crippen LogP contribution in [0.3, 0.4) is 0 Å². The van der Waals surface area contributed by atoms with E-state index in [1.165, 1.54) is 11.8 Å². The minimum Gasteiger partial charge on any atom is -0.481 e. The minimum atomic E-state index is -1.29. The maximum atomic E-state index is 11.8. The Morgan fingerprint density at radius 3 is 2.23 bits per heavy atom. The van der Waals surface area contributed by atoms with Crippen LogP contribution in [0.15, 0.2) is 0 Å². The van der Waals surface area contributed by atoms with Gasteiger partial charge in [-0.05, 0) is 6.42 Å². The molecule has 0 aliphatic carbocycles. The lowest BCUT2D eigenvalue weighted by atomic mass is 10.1. The molecule has 11 heteroatoms. The van der Waals surface area contributed by atoms with Gasteiger partial charge in [0, 0.05) is 24.5 Å². The minimum absolute atomic E-state index is 0.186. The Balaban J connectivity index is 0. The molecule has 1 atom stereocenters. The first-order valence-corrected chi connectivity index (χ1v) is 7.16. The summed E-state index contributed by atoms with van der Waals surface area (Å²) in [6.45, 7) is -0.158. The standard InChI is InChI=1S/C10H17FN2O5S.CO2/c11-3-5-19-6-4-12-10(18)13-7(9(16)17)1-2-8(14)15;2-1-3/h7H,1-6H2,(H,14,15)(H,16,17)(H2,12,13,18);/t7-;/m0./s1. The maximum Gasteiger partial charge on any atom is 0.373 e. The van der Waals surface area contributed by atoms with Gasteiger partial charge in [0.05, 0.1) is 6.67 Å². The van der Waals surface area contributed by atoms with Crippen molar-refractivity contribution in [2.45, 2.75) is 18.9 Å². The van der Waals surface area contributed by atoms with E-state index >= 15 is 0 Å². The van der Waals surface area contributed by atoms with Crippen molar-refractivity contribution >= 4 is 35.9 Å². The fraction of sp³-hybridized carbons (Fsp3) is 0.636. The number of carbonyl (C=O) groups is 3. The summed E-state index contributed by atoms with van der Waals surface area (Å²) in [5, 5.41) is 21.8. The van der Waals surface area contributed by atoms with Gasteiger partial charge in [-0.15, -0.1) is 0 Å². The predicted molar refractivity (Wildman–Crippen MR) is 73.1 cm³/mol. The molecule has 0 aromatic rings. The number of halogens is 1. The Morgan fingerprint density at radius 1 is 1.18 bits per heavy atom. The molecule has 0 aromatic heterocycles. The first-order chi connectivity index (χ1) is 10.4. The first kappa shape index (κ1) is 22.2. The van der Waals surface area contributed by atoms with Gasteiger partial charge >= 0.3 is 24.1 Å². The summed E-state index contributed by atoms with van der Waals surface area (Å²) in [7, 11) is 0. The van der Waals surface area contributed by atoms with Crippen LogP contribution in [0.1, 0.15) is 12.8 Å². The normalized spacial score (nSPS) is 10.4. The number of urea groups is 1. The SMILES string of the molecule is O=C(O)CC[C@H](NC(=O)NCCSCCF)C(=O)O.O=C=O. The zero-order valence-electron chi connectivity index (χ0n) is 11.5. The van der Waals surface area contributed by atoms with Crippen molar-refractivity contribution in [2.75, 3.05) is 24.7 Å². The Hall–Kier alpha value is -2.13. The molecule has 0 unspecified atom stereocenters. The molecular formula is C11H17FN2O7S. The summed E-state index contributed by atoms with van der Waals surface area (Å²) >= 11 is 1.32. The zero-order chi connectivity index (χ0) is 17.4. The molecule has 0 aromatic carbocycles. The third-order valence-electron chi connectivity index (χ3n) is 2.00. The van der Waals surface area contributed by atoms with Gasteiger partial charge in [0.1, 0.15) is 6.04 Å². The van der Waals surface area contributed by atoms with Crippen molar-refractivity contribution < 1.29 is 38.6 Å². The highest BCUT2D eigenvalue weighted by Crippen LogP contribution is 1.99. The highest BCUT2D eigenvalue weighted by atomic mass is 32.2. The third kappa shape index (κ3) is 15.9. The lowest BCUT2D eigenvalue weighted by Crippen LogP contribution is -2.46. The number of carboxylic acids is 2. The van der Waals surface area contributed by atoms with Crippen LogP contribution < -0.4 is 10.6 Å².